The molecule has 0 aliphatic carbocycles. The Morgan fingerprint density at radius 1 is 0.833 bits per heavy atom. The summed E-state index contributed by atoms with van der Waals surface area (Å²) in [5, 5.41) is 3.24. The van der Waals surface area contributed by atoms with E-state index in [2.05, 4.69) is 26.1 Å². The lowest BCUT2D eigenvalue weighted by molar-refractivity contribution is -0.124. The van der Waals surface area contributed by atoms with Crippen molar-refractivity contribution in [3.8, 4) is 11.4 Å². The van der Waals surface area contributed by atoms with Crippen LogP contribution in [0.1, 0.15) is 34.6 Å². The van der Waals surface area contributed by atoms with Gasteiger partial charge in [-0.3, -0.25) is 30.2 Å². The number of nitrogens with zero attached hydrogens (tertiary/aromatic N) is 2. The largest absolute Gasteiger partial charge is 0.340 e. The predicted octanol–water partition coefficient (Wildman–Crippen LogP) is 3.65. The smallest absolute Gasteiger partial charge is 0.270 e. The number of benzene rings is 2. The molecule has 2 aromatic heterocycles. The fourth-order valence-corrected chi connectivity index (χ4v) is 3.63. The van der Waals surface area contributed by atoms with E-state index < -0.39 is 29.6 Å². The van der Waals surface area contributed by atoms with Crippen LogP contribution in [0.3, 0.4) is 0 Å². The molecular formula is C27H24FN5O3. The monoisotopic (exact) mass is 485 g/mol. The average Bonchev–Trinajstić information content (AvgIpc) is 2.90. The maximum absolute atomic E-state index is 13.2. The van der Waals surface area contributed by atoms with Gasteiger partial charge in [-0.2, -0.15) is 0 Å². The van der Waals surface area contributed by atoms with Crippen molar-refractivity contribution in [1.29, 1.82) is 0 Å². The number of nitrogens with one attached hydrogen (secondary N) is 3. The van der Waals surface area contributed by atoms with Crippen molar-refractivity contribution in [3.63, 3.8) is 0 Å². The molecule has 0 aliphatic rings. The lowest BCUT2D eigenvalue weighted by Crippen LogP contribution is -2.54. The third-order valence-corrected chi connectivity index (χ3v) is 5.53. The number of aromatic nitrogens is 2. The van der Waals surface area contributed by atoms with Crippen LogP contribution in [0.2, 0.25) is 0 Å². The maximum Gasteiger partial charge on any atom is 0.270 e. The Balaban J connectivity index is 1.51. The number of carbonyl (C=O) groups excluding carboxylic acids is 3. The fourth-order valence-electron chi connectivity index (χ4n) is 3.63. The van der Waals surface area contributed by atoms with Crippen LogP contribution in [0.5, 0.6) is 0 Å². The highest BCUT2D eigenvalue weighted by Gasteiger charge is 2.25. The zero-order chi connectivity index (χ0) is 25.7. The van der Waals surface area contributed by atoms with Crippen molar-refractivity contribution in [1.82, 2.24) is 26.1 Å². The highest BCUT2D eigenvalue weighted by atomic mass is 19.1. The van der Waals surface area contributed by atoms with Crippen LogP contribution in [0.25, 0.3) is 22.3 Å². The molecule has 2 aromatic carbocycles. The Morgan fingerprint density at radius 3 is 2.25 bits per heavy atom. The number of para-hydroxylation sites is 1. The van der Waals surface area contributed by atoms with Gasteiger partial charge in [0.25, 0.3) is 17.7 Å². The SMILES string of the molecule is CC(C)C(NC(=O)c1ccc(F)cc1)C(=O)NNC(=O)c1cc(-c2ccccn2)nc2ccccc12. The Hall–Kier alpha value is -4.66. The zero-order valence-electron chi connectivity index (χ0n) is 19.7. The molecule has 4 rings (SSSR count). The minimum absolute atomic E-state index is 0.212. The minimum atomic E-state index is -0.943. The van der Waals surface area contributed by atoms with Gasteiger partial charge < -0.3 is 5.32 Å². The molecule has 4 aromatic rings. The van der Waals surface area contributed by atoms with E-state index in [9.17, 15) is 18.8 Å². The predicted molar refractivity (Wildman–Crippen MR) is 133 cm³/mol. The lowest BCUT2D eigenvalue weighted by atomic mass is 10.0. The Labute approximate surface area is 206 Å². The molecule has 0 saturated heterocycles. The van der Waals surface area contributed by atoms with Gasteiger partial charge in [-0.1, -0.05) is 38.1 Å². The van der Waals surface area contributed by atoms with E-state index in [4.69, 9.17) is 0 Å². The van der Waals surface area contributed by atoms with E-state index >= 15 is 0 Å². The second-order valence-corrected chi connectivity index (χ2v) is 8.43. The number of amides is 3. The van der Waals surface area contributed by atoms with Crippen molar-refractivity contribution in [2.24, 2.45) is 5.92 Å². The first-order valence-electron chi connectivity index (χ1n) is 11.3. The number of hydrogen-bond acceptors (Lipinski definition) is 5. The molecule has 3 N–H and O–H groups in total. The van der Waals surface area contributed by atoms with Crippen molar-refractivity contribution in [3.05, 3.63) is 95.9 Å². The summed E-state index contributed by atoms with van der Waals surface area (Å²) in [4.78, 5) is 47.4. The Kier molecular flexibility index (Phi) is 7.29. The topological polar surface area (TPSA) is 113 Å². The van der Waals surface area contributed by atoms with Crippen LogP contribution < -0.4 is 16.2 Å². The second kappa shape index (κ2) is 10.7. The lowest BCUT2D eigenvalue weighted by Gasteiger charge is -2.22. The molecule has 1 unspecified atom stereocenters. The van der Waals surface area contributed by atoms with Crippen LogP contribution in [0, 0.1) is 11.7 Å². The molecule has 9 heteroatoms. The number of halogens is 1. The van der Waals surface area contributed by atoms with E-state index in [1.807, 2.05) is 12.1 Å². The van der Waals surface area contributed by atoms with Crippen LogP contribution in [-0.4, -0.2) is 33.7 Å². The van der Waals surface area contributed by atoms with E-state index in [-0.39, 0.29) is 11.5 Å². The first-order valence-corrected chi connectivity index (χ1v) is 11.3. The van der Waals surface area contributed by atoms with Crippen molar-refractivity contribution >= 4 is 28.6 Å². The minimum Gasteiger partial charge on any atom is -0.340 e. The summed E-state index contributed by atoms with van der Waals surface area (Å²) in [7, 11) is 0. The number of rotatable bonds is 6. The first kappa shape index (κ1) is 24.5. The number of fused-ring (bicyclic) bond motifs is 1. The van der Waals surface area contributed by atoms with E-state index in [1.165, 1.54) is 12.1 Å². The first-order chi connectivity index (χ1) is 17.3. The molecular weight excluding hydrogens is 461 g/mol. The molecule has 0 spiro atoms. The average molecular weight is 486 g/mol. The molecule has 0 fully saturated rings. The van der Waals surface area contributed by atoms with Crippen LogP contribution in [-0.2, 0) is 4.79 Å². The van der Waals surface area contributed by atoms with Gasteiger partial charge in [0.2, 0.25) is 0 Å². The highest BCUT2D eigenvalue weighted by Crippen LogP contribution is 2.23. The summed E-state index contributed by atoms with van der Waals surface area (Å²) in [5.74, 6) is -2.44. The van der Waals surface area contributed by atoms with Crippen molar-refractivity contribution in [2.75, 3.05) is 0 Å². The van der Waals surface area contributed by atoms with E-state index in [0.29, 0.717) is 27.9 Å². The zero-order valence-corrected chi connectivity index (χ0v) is 19.7. The van der Waals surface area contributed by atoms with E-state index in [1.54, 1.807) is 56.4 Å². The Morgan fingerprint density at radius 2 is 1.56 bits per heavy atom. The second-order valence-electron chi connectivity index (χ2n) is 8.43. The third-order valence-electron chi connectivity index (χ3n) is 5.53. The summed E-state index contributed by atoms with van der Waals surface area (Å²) >= 11 is 0. The maximum atomic E-state index is 13.2. The van der Waals surface area contributed by atoms with Crippen molar-refractivity contribution < 1.29 is 18.8 Å². The molecule has 0 bridgehead atoms. The molecule has 36 heavy (non-hydrogen) atoms. The normalized spacial score (nSPS) is 11.7. The Bertz CT molecular complexity index is 1410. The van der Waals surface area contributed by atoms with E-state index in [0.717, 1.165) is 12.1 Å². The van der Waals surface area contributed by atoms with Gasteiger partial charge in [0, 0.05) is 17.1 Å². The summed E-state index contributed by atoms with van der Waals surface area (Å²) in [6, 6.07) is 18.2. The summed E-state index contributed by atoms with van der Waals surface area (Å²) in [6.07, 6.45) is 1.64. The standard InChI is InChI=1S/C27H24FN5O3/c1-16(2)24(31-25(34)17-10-12-18(28)13-11-17)27(36)33-32-26(35)20-15-23(22-9-5-6-14-29-22)30-21-8-4-3-7-19(20)21/h3-16,24H,1-2H3,(H,31,34)(H,32,35)(H,33,36). The number of pyridine rings is 2. The molecule has 0 radical (unpaired) electrons. The van der Waals surface area contributed by atoms with Gasteiger partial charge in [0.1, 0.15) is 11.9 Å². The number of hydrazine groups is 1. The molecule has 2 heterocycles. The van der Waals surface area contributed by atoms with Gasteiger partial charge in [-0.15, -0.1) is 0 Å². The van der Waals surface area contributed by atoms with Crippen molar-refractivity contribution in [2.45, 2.75) is 19.9 Å². The van der Waals surface area contributed by atoms with Gasteiger partial charge in [0.15, 0.2) is 0 Å². The number of carbonyl (C=O) groups is 3. The quantitative estimate of drug-likeness (QED) is 0.361. The fraction of sp³-hybridized carbons (Fsp3) is 0.148. The molecule has 8 nitrogen and oxygen atoms in total. The van der Waals surface area contributed by atoms with Crippen LogP contribution >= 0.6 is 0 Å². The molecule has 1 atom stereocenters. The van der Waals surface area contributed by atoms with Gasteiger partial charge in [-0.05, 0) is 54.4 Å². The molecule has 3 amide bonds. The molecule has 0 aliphatic heterocycles. The summed E-state index contributed by atoms with van der Waals surface area (Å²) < 4.78 is 13.2. The highest BCUT2D eigenvalue weighted by molar-refractivity contribution is 6.07. The molecule has 0 saturated carbocycles. The van der Waals surface area contributed by atoms with Gasteiger partial charge >= 0.3 is 0 Å². The van der Waals surface area contributed by atoms with Crippen LogP contribution in [0.4, 0.5) is 4.39 Å². The van der Waals surface area contributed by atoms with Gasteiger partial charge in [-0.25, -0.2) is 9.37 Å². The summed E-state index contributed by atoms with van der Waals surface area (Å²) in [5.41, 5.74) is 7.07. The third kappa shape index (κ3) is 5.52. The molecule has 182 valence electrons. The number of hydrogen-bond donors (Lipinski definition) is 3. The van der Waals surface area contributed by atoms with Gasteiger partial charge in [0.05, 0.1) is 22.5 Å². The van der Waals surface area contributed by atoms with Crippen LogP contribution in [0.15, 0.2) is 79.0 Å². The summed E-state index contributed by atoms with van der Waals surface area (Å²) in [6.45, 7) is 3.51.